The highest BCUT2D eigenvalue weighted by Gasteiger charge is 2.18. The molecule has 1 aromatic carbocycles. The number of carbonyl (C=O) groups excluding carboxylic acids is 1. The lowest BCUT2D eigenvalue weighted by atomic mass is 10.1. The van der Waals surface area contributed by atoms with Crippen molar-refractivity contribution >= 4 is 17.7 Å². The van der Waals surface area contributed by atoms with Crippen molar-refractivity contribution in [3.8, 4) is 11.5 Å². The Hall–Kier alpha value is -3.86. The summed E-state index contributed by atoms with van der Waals surface area (Å²) in [5.41, 5.74) is 1.77. The highest BCUT2D eigenvalue weighted by molar-refractivity contribution is 5.90. The molecule has 0 atom stereocenters. The van der Waals surface area contributed by atoms with Gasteiger partial charge in [-0.1, -0.05) is 12.1 Å². The molecule has 35 heavy (non-hydrogen) atoms. The van der Waals surface area contributed by atoms with E-state index in [1.165, 1.54) is 0 Å². The van der Waals surface area contributed by atoms with Gasteiger partial charge in [-0.2, -0.15) is 5.10 Å². The molecule has 1 fully saturated rings. The second-order valence-corrected chi connectivity index (χ2v) is 8.13. The second-order valence-electron chi connectivity index (χ2n) is 8.13. The van der Waals surface area contributed by atoms with Crippen molar-refractivity contribution in [3.63, 3.8) is 0 Å². The molecule has 3 heterocycles. The standard InChI is InChI=1S/C24H30N6O5/c1-16-18(23(32)28-24(26-16)29-11-13-35-14-12-29)7-8-21(31)27-20-9-10-25-30(20)15-17-5-4-6-19(33-2)22(17)34-3/h4-6,9-10H,7-8,11-15H2,1-3H3,(H,27,31)(H,26,28,32). The third-order valence-electron chi connectivity index (χ3n) is 5.91. The molecule has 2 aromatic heterocycles. The summed E-state index contributed by atoms with van der Waals surface area (Å²) in [7, 11) is 3.17. The highest BCUT2D eigenvalue weighted by atomic mass is 16.5. The number of benzene rings is 1. The van der Waals surface area contributed by atoms with Crippen molar-refractivity contribution in [3.05, 3.63) is 57.6 Å². The Morgan fingerprint density at radius 3 is 2.71 bits per heavy atom. The molecule has 186 valence electrons. The van der Waals surface area contributed by atoms with E-state index < -0.39 is 0 Å². The molecule has 1 saturated heterocycles. The molecular formula is C24H30N6O5. The number of hydrogen-bond acceptors (Lipinski definition) is 8. The number of methoxy groups -OCH3 is 2. The molecule has 0 bridgehead atoms. The Balaban J connectivity index is 1.40. The number of amides is 1. The largest absolute Gasteiger partial charge is 0.493 e. The molecule has 11 heteroatoms. The van der Waals surface area contributed by atoms with Gasteiger partial charge in [-0.3, -0.25) is 14.6 Å². The van der Waals surface area contributed by atoms with Gasteiger partial charge in [0.25, 0.3) is 5.56 Å². The van der Waals surface area contributed by atoms with Crippen LogP contribution < -0.4 is 25.2 Å². The normalized spacial score (nSPS) is 13.5. The fourth-order valence-electron chi connectivity index (χ4n) is 4.06. The number of rotatable bonds is 9. The zero-order valence-corrected chi connectivity index (χ0v) is 20.2. The molecule has 4 rings (SSSR count). The number of nitrogens with one attached hydrogen (secondary N) is 2. The predicted octanol–water partition coefficient (Wildman–Crippen LogP) is 1.75. The van der Waals surface area contributed by atoms with Gasteiger partial charge in [-0.15, -0.1) is 0 Å². The van der Waals surface area contributed by atoms with Crippen LogP contribution in [0, 0.1) is 6.92 Å². The lowest BCUT2D eigenvalue weighted by molar-refractivity contribution is -0.116. The Morgan fingerprint density at radius 2 is 2.00 bits per heavy atom. The number of hydrogen-bond donors (Lipinski definition) is 2. The van der Waals surface area contributed by atoms with E-state index in [0.717, 1.165) is 5.56 Å². The van der Waals surface area contributed by atoms with Gasteiger partial charge >= 0.3 is 0 Å². The van der Waals surface area contributed by atoms with Gasteiger partial charge in [-0.05, 0) is 19.4 Å². The lowest BCUT2D eigenvalue weighted by Gasteiger charge is -2.27. The van der Waals surface area contributed by atoms with Gasteiger partial charge < -0.3 is 24.4 Å². The molecule has 1 aliphatic heterocycles. The number of para-hydroxylation sites is 1. The van der Waals surface area contributed by atoms with Gasteiger partial charge in [0.1, 0.15) is 5.82 Å². The average Bonchev–Trinajstić information content (AvgIpc) is 3.29. The zero-order chi connectivity index (χ0) is 24.8. The minimum absolute atomic E-state index is 0.135. The molecule has 0 unspecified atom stereocenters. The highest BCUT2D eigenvalue weighted by Crippen LogP contribution is 2.31. The van der Waals surface area contributed by atoms with E-state index >= 15 is 0 Å². The second kappa shape index (κ2) is 11.0. The number of carbonyl (C=O) groups is 1. The molecule has 2 N–H and O–H groups in total. The fraction of sp³-hybridized carbons (Fsp3) is 0.417. The first-order chi connectivity index (χ1) is 17.0. The SMILES string of the molecule is COc1cccc(Cn2nccc2NC(=O)CCc2c(C)nc(N3CCOCC3)[nH]c2=O)c1OC. The van der Waals surface area contributed by atoms with Gasteiger partial charge in [0, 0.05) is 42.4 Å². The first kappa shape index (κ1) is 24.3. The number of morpholine rings is 1. The van der Waals surface area contributed by atoms with Crippen LogP contribution >= 0.6 is 0 Å². The van der Waals surface area contributed by atoms with Crippen molar-refractivity contribution in [2.24, 2.45) is 0 Å². The van der Waals surface area contributed by atoms with Crippen LogP contribution in [0.2, 0.25) is 0 Å². The third kappa shape index (κ3) is 5.62. The Morgan fingerprint density at radius 1 is 1.20 bits per heavy atom. The molecular weight excluding hydrogens is 452 g/mol. The minimum atomic E-state index is -0.222. The fourth-order valence-corrected chi connectivity index (χ4v) is 4.06. The summed E-state index contributed by atoms with van der Waals surface area (Å²) in [6.07, 6.45) is 2.03. The Bertz CT molecular complexity index is 1230. The van der Waals surface area contributed by atoms with E-state index in [-0.39, 0.29) is 24.3 Å². The smallest absolute Gasteiger partial charge is 0.255 e. The number of ether oxygens (including phenoxy) is 3. The first-order valence-corrected chi connectivity index (χ1v) is 11.4. The summed E-state index contributed by atoms with van der Waals surface area (Å²) >= 11 is 0. The third-order valence-corrected chi connectivity index (χ3v) is 5.91. The number of aromatic amines is 1. The van der Waals surface area contributed by atoms with Crippen molar-refractivity contribution in [2.75, 3.05) is 50.7 Å². The zero-order valence-electron chi connectivity index (χ0n) is 20.2. The van der Waals surface area contributed by atoms with E-state index in [0.29, 0.717) is 67.4 Å². The summed E-state index contributed by atoms with van der Waals surface area (Å²) in [6.45, 7) is 4.74. The first-order valence-electron chi connectivity index (χ1n) is 11.4. The Labute approximate surface area is 203 Å². The van der Waals surface area contributed by atoms with Gasteiger partial charge in [0.2, 0.25) is 11.9 Å². The molecule has 11 nitrogen and oxygen atoms in total. The number of nitrogens with zero attached hydrogens (tertiary/aromatic N) is 4. The lowest BCUT2D eigenvalue weighted by Crippen LogP contribution is -2.38. The van der Waals surface area contributed by atoms with Crippen LogP contribution in [0.15, 0.2) is 35.3 Å². The molecule has 0 spiro atoms. The van der Waals surface area contributed by atoms with Crippen molar-refractivity contribution in [1.82, 2.24) is 19.7 Å². The van der Waals surface area contributed by atoms with Crippen molar-refractivity contribution < 1.29 is 19.0 Å². The van der Waals surface area contributed by atoms with E-state index in [4.69, 9.17) is 14.2 Å². The molecule has 0 aliphatic carbocycles. The van der Waals surface area contributed by atoms with Crippen LogP contribution in [0.3, 0.4) is 0 Å². The molecule has 0 saturated carbocycles. The van der Waals surface area contributed by atoms with Crippen LogP contribution in [0.4, 0.5) is 11.8 Å². The van der Waals surface area contributed by atoms with Gasteiger partial charge in [0.05, 0.1) is 40.2 Å². The quantitative estimate of drug-likeness (QED) is 0.473. The van der Waals surface area contributed by atoms with E-state index in [1.54, 1.807) is 38.1 Å². The summed E-state index contributed by atoms with van der Waals surface area (Å²) in [5, 5.41) is 7.21. The maximum atomic E-state index is 12.7. The number of aromatic nitrogens is 4. The number of H-pyrrole nitrogens is 1. The van der Waals surface area contributed by atoms with E-state index in [1.807, 2.05) is 23.1 Å². The van der Waals surface area contributed by atoms with Crippen LogP contribution in [0.5, 0.6) is 11.5 Å². The van der Waals surface area contributed by atoms with Gasteiger partial charge in [0.15, 0.2) is 11.5 Å². The molecule has 3 aromatic rings. The van der Waals surface area contributed by atoms with Crippen molar-refractivity contribution in [2.45, 2.75) is 26.3 Å². The summed E-state index contributed by atoms with van der Waals surface area (Å²) in [6, 6.07) is 7.33. The molecule has 0 radical (unpaired) electrons. The predicted molar refractivity (Wildman–Crippen MR) is 130 cm³/mol. The molecule has 1 aliphatic rings. The Kier molecular flexibility index (Phi) is 7.66. The minimum Gasteiger partial charge on any atom is -0.493 e. The van der Waals surface area contributed by atoms with Crippen LogP contribution in [0.1, 0.15) is 23.2 Å². The number of anilines is 2. The summed E-state index contributed by atoms with van der Waals surface area (Å²) in [4.78, 5) is 34.8. The molecule has 1 amide bonds. The average molecular weight is 483 g/mol. The van der Waals surface area contributed by atoms with Crippen LogP contribution in [-0.2, 0) is 22.5 Å². The van der Waals surface area contributed by atoms with Crippen molar-refractivity contribution in [1.29, 1.82) is 0 Å². The number of aryl methyl sites for hydroxylation is 1. The maximum absolute atomic E-state index is 12.7. The van der Waals surface area contributed by atoms with Gasteiger partial charge in [-0.25, -0.2) is 9.67 Å². The van der Waals surface area contributed by atoms with E-state index in [2.05, 4.69) is 20.4 Å². The van der Waals surface area contributed by atoms with Crippen LogP contribution in [0.25, 0.3) is 0 Å². The van der Waals surface area contributed by atoms with E-state index in [9.17, 15) is 9.59 Å². The topological polar surface area (TPSA) is 124 Å². The summed E-state index contributed by atoms with van der Waals surface area (Å²) < 4.78 is 17.9. The van der Waals surface area contributed by atoms with Crippen LogP contribution in [-0.4, -0.2) is 66.2 Å². The monoisotopic (exact) mass is 482 g/mol. The maximum Gasteiger partial charge on any atom is 0.255 e. The summed E-state index contributed by atoms with van der Waals surface area (Å²) in [5.74, 6) is 2.11.